The van der Waals surface area contributed by atoms with Gasteiger partial charge in [0.25, 0.3) is 0 Å². The summed E-state index contributed by atoms with van der Waals surface area (Å²) in [6, 6.07) is 16.2. The molecular weight excluding hydrogens is 432 g/mol. The van der Waals surface area contributed by atoms with E-state index < -0.39 is 0 Å². The van der Waals surface area contributed by atoms with Gasteiger partial charge in [-0.2, -0.15) is 0 Å². The van der Waals surface area contributed by atoms with Crippen molar-refractivity contribution in [1.82, 2.24) is 4.98 Å². The van der Waals surface area contributed by atoms with Crippen LogP contribution in [-0.4, -0.2) is 16.6 Å². The molecule has 1 aromatic heterocycles. The van der Waals surface area contributed by atoms with Crippen molar-refractivity contribution in [2.75, 3.05) is 11.1 Å². The molecule has 0 bridgehead atoms. The van der Waals surface area contributed by atoms with Crippen molar-refractivity contribution in [3.05, 3.63) is 75.6 Å². The van der Waals surface area contributed by atoms with Crippen LogP contribution in [0.25, 0.3) is 22.0 Å². The zero-order valence-electron chi connectivity index (χ0n) is 17.0. The molecule has 0 saturated heterocycles. The number of hydrogen-bond donors (Lipinski definition) is 1. The number of hydrogen-bond acceptors (Lipinski definition) is 4. The summed E-state index contributed by atoms with van der Waals surface area (Å²) in [6.07, 6.45) is 0. The van der Waals surface area contributed by atoms with Gasteiger partial charge in [0.1, 0.15) is 0 Å². The molecule has 1 heterocycles. The van der Waals surface area contributed by atoms with Crippen LogP contribution in [0.5, 0.6) is 0 Å². The molecule has 0 unspecified atom stereocenters. The van der Waals surface area contributed by atoms with Crippen LogP contribution in [0.3, 0.4) is 0 Å². The maximum Gasteiger partial charge on any atom is 0.236 e. The van der Waals surface area contributed by atoms with Crippen molar-refractivity contribution in [1.29, 1.82) is 0 Å². The summed E-state index contributed by atoms with van der Waals surface area (Å²) in [4.78, 5) is 18.1. The zero-order valence-corrected chi connectivity index (χ0v) is 19.3. The van der Waals surface area contributed by atoms with E-state index >= 15 is 0 Å². The fourth-order valence-electron chi connectivity index (χ4n) is 3.37. The first-order chi connectivity index (χ1) is 14.4. The molecule has 30 heavy (non-hydrogen) atoms. The molecule has 4 rings (SSSR count). The molecule has 0 aliphatic rings. The summed E-state index contributed by atoms with van der Waals surface area (Å²) < 4.78 is 0. The first kappa shape index (κ1) is 20.9. The standard InChI is InChI=1S/C24H21ClN2OS2/c1-14-10-16(3)18(11-15(14)2)20-12-30-24(26-20)27-22(28)13-29-21-9-5-7-17-6-4-8-19(25)23(17)21/h4-12H,13H2,1-3H3,(H,26,27,28). The lowest BCUT2D eigenvalue weighted by atomic mass is 9.99. The predicted molar refractivity (Wildman–Crippen MR) is 130 cm³/mol. The molecule has 0 fully saturated rings. The molecular formula is C24H21ClN2OS2. The van der Waals surface area contributed by atoms with E-state index in [-0.39, 0.29) is 5.91 Å². The number of aryl methyl sites for hydroxylation is 3. The van der Waals surface area contributed by atoms with Gasteiger partial charge in [0.15, 0.2) is 5.13 Å². The quantitative estimate of drug-likeness (QED) is 0.323. The number of carbonyl (C=O) groups excluding carboxylic acids is 1. The van der Waals surface area contributed by atoms with Gasteiger partial charge in [-0.25, -0.2) is 4.98 Å². The number of nitrogens with one attached hydrogen (secondary N) is 1. The lowest BCUT2D eigenvalue weighted by Crippen LogP contribution is -2.13. The fraction of sp³-hybridized carbons (Fsp3) is 0.167. The third-order valence-corrected chi connectivity index (χ3v) is 7.17. The number of anilines is 1. The molecule has 4 aromatic rings. The van der Waals surface area contributed by atoms with Gasteiger partial charge >= 0.3 is 0 Å². The van der Waals surface area contributed by atoms with Gasteiger partial charge in [-0.1, -0.05) is 41.9 Å². The number of thiazole rings is 1. The number of halogens is 1. The molecule has 0 aliphatic heterocycles. The van der Waals surface area contributed by atoms with E-state index in [1.165, 1.54) is 39.8 Å². The minimum Gasteiger partial charge on any atom is -0.301 e. The highest BCUT2D eigenvalue weighted by Crippen LogP contribution is 2.33. The van der Waals surface area contributed by atoms with Crippen molar-refractivity contribution in [2.24, 2.45) is 0 Å². The Balaban J connectivity index is 1.46. The molecule has 3 aromatic carbocycles. The number of thioether (sulfide) groups is 1. The minimum atomic E-state index is -0.0817. The number of amides is 1. The molecule has 6 heteroatoms. The van der Waals surface area contributed by atoms with E-state index in [4.69, 9.17) is 11.6 Å². The van der Waals surface area contributed by atoms with Crippen LogP contribution in [0.2, 0.25) is 5.02 Å². The van der Waals surface area contributed by atoms with Crippen molar-refractivity contribution in [3.63, 3.8) is 0 Å². The lowest BCUT2D eigenvalue weighted by Gasteiger charge is -2.08. The zero-order chi connectivity index (χ0) is 21.3. The van der Waals surface area contributed by atoms with Crippen LogP contribution >= 0.6 is 34.7 Å². The van der Waals surface area contributed by atoms with Crippen LogP contribution in [0.1, 0.15) is 16.7 Å². The first-order valence-electron chi connectivity index (χ1n) is 9.56. The van der Waals surface area contributed by atoms with Gasteiger partial charge in [-0.3, -0.25) is 4.79 Å². The number of benzene rings is 3. The summed E-state index contributed by atoms with van der Waals surface area (Å²) >= 11 is 9.31. The van der Waals surface area contributed by atoms with Crippen molar-refractivity contribution >= 4 is 56.5 Å². The number of fused-ring (bicyclic) bond motifs is 1. The Morgan fingerprint density at radius 2 is 1.80 bits per heavy atom. The second-order valence-electron chi connectivity index (χ2n) is 7.22. The molecule has 0 atom stereocenters. The second-order valence-corrected chi connectivity index (χ2v) is 9.50. The third kappa shape index (κ3) is 4.38. The summed E-state index contributed by atoms with van der Waals surface area (Å²) in [5.41, 5.74) is 5.69. The molecule has 152 valence electrons. The Bertz CT molecular complexity index is 1240. The number of rotatable bonds is 5. The summed E-state index contributed by atoms with van der Waals surface area (Å²) in [7, 11) is 0. The third-order valence-electron chi connectivity index (χ3n) is 5.04. The average molecular weight is 453 g/mol. The van der Waals surface area contributed by atoms with E-state index in [1.807, 2.05) is 41.8 Å². The molecule has 0 spiro atoms. The van der Waals surface area contributed by atoms with E-state index in [0.29, 0.717) is 15.9 Å². The number of carbonyl (C=O) groups is 1. The molecule has 0 radical (unpaired) electrons. The Kier molecular flexibility index (Phi) is 6.14. The van der Waals surface area contributed by atoms with Gasteiger partial charge < -0.3 is 5.32 Å². The van der Waals surface area contributed by atoms with E-state index in [1.54, 1.807) is 0 Å². The Hall–Kier alpha value is -2.34. The van der Waals surface area contributed by atoms with Gasteiger partial charge in [-0.15, -0.1) is 23.1 Å². The monoisotopic (exact) mass is 452 g/mol. The van der Waals surface area contributed by atoms with Crippen LogP contribution < -0.4 is 5.32 Å². The molecule has 0 aliphatic carbocycles. The fourth-order valence-corrected chi connectivity index (χ4v) is 5.34. The van der Waals surface area contributed by atoms with Gasteiger partial charge in [0.2, 0.25) is 5.91 Å². The number of nitrogens with zero attached hydrogens (tertiary/aromatic N) is 1. The summed E-state index contributed by atoms with van der Waals surface area (Å²) in [6.45, 7) is 6.30. The van der Waals surface area contributed by atoms with Gasteiger partial charge in [0, 0.05) is 26.2 Å². The largest absolute Gasteiger partial charge is 0.301 e. The Morgan fingerprint density at radius 1 is 1.07 bits per heavy atom. The van der Waals surface area contributed by atoms with Gasteiger partial charge in [0.05, 0.1) is 11.4 Å². The number of aromatic nitrogens is 1. The van der Waals surface area contributed by atoms with E-state index in [9.17, 15) is 4.79 Å². The lowest BCUT2D eigenvalue weighted by molar-refractivity contribution is -0.113. The van der Waals surface area contributed by atoms with Crippen LogP contribution in [0, 0.1) is 20.8 Å². The highest BCUT2D eigenvalue weighted by atomic mass is 35.5. The Labute approximate surface area is 189 Å². The topological polar surface area (TPSA) is 42.0 Å². The predicted octanol–water partition coefficient (Wildman–Crippen LogP) is 7.27. The normalized spacial score (nSPS) is 11.1. The Morgan fingerprint density at radius 3 is 2.60 bits per heavy atom. The maximum absolute atomic E-state index is 12.5. The highest BCUT2D eigenvalue weighted by Gasteiger charge is 2.12. The minimum absolute atomic E-state index is 0.0817. The SMILES string of the molecule is Cc1cc(C)c(-c2csc(NC(=O)CSc3cccc4cccc(Cl)c34)n2)cc1C. The molecule has 3 nitrogen and oxygen atoms in total. The molecule has 0 saturated carbocycles. The summed E-state index contributed by atoms with van der Waals surface area (Å²) in [5, 5.41) is 8.29. The molecule has 1 N–H and O–H groups in total. The second kappa shape index (κ2) is 8.80. The highest BCUT2D eigenvalue weighted by molar-refractivity contribution is 8.00. The average Bonchev–Trinajstić information content (AvgIpc) is 3.17. The van der Waals surface area contributed by atoms with Crippen LogP contribution in [-0.2, 0) is 4.79 Å². The van der Waals surface area contributed by atoms with Crippen LogP contribution in [0.15, 0.2) is 58.8 Å². The summed E-state index contributed by atoms with van der Waals surface area (Å²) in [5.74, 6) is 0.212. The first-order valence-corrected chi connectivity index (χ1v) is 11.8. The van der Waals surface area contributed by atoms with E-state index in [0.717, 1.165) is 26.9 Å². The van der Waals surface area contributed by atoms with Crippen LogP contribution in [0.4, 0.5) is 5.13 Å². The van der Waals surface area contributed by atoms with E-state index in [2.05, 4.69) is 43.2 Å². The van der Waals surface area contributed by atoms with Gasteiger partial charge in [-0.05, 0) is 61.0 Å². The smallest absolute Gasteiger partial charge is 0.236 e. The van der Waals surface area contributed by atoms with Crippen molar-refractivity contribution in [3.8, 4) is 11.3 Å². The molecule has 1 amide bonds. The maximum atomic E-state index is 12.5. The van der Waals surface area contributed by atoms with Crippen molar-refractivity contribution < 1.29 is 4.79 Å². The van der Waals surface area contributed by atoms with Crippen molar-refractivity contribution in [2.45, 2.75) is 25.7 Å².